The smallest absolute Gasteiger partial charge is 0.242 e. The maximum atomic E-state index is 12.9. The lowest BCUT2D eigenvalue weighted by Crippen LogP contribution is -2.45. The molecule has 0 bridgehead atoms. The summed E-state index contributed by atoms with van der Waals surface area (Å²) >= 11 is 3.29. The molecule has 0 aliphatic rings. The first kappa shape index (κ1) is 21.2. The van der Waals surface area contributed by atoms with E-state index >= 15 is 0 Å². The number of nitrogens with one attached hydrogen (secondary N) is 2. The summed E-state index contributed by atoms with van der Waals surface area (Å²) in [5.74, 6) is -0.418. The molecular weight excluding hydrogens is 452 g/mol. The van der Waals surface area contributed by atoms with Crippen LogP contribution in [-0.4, -0.2) is 20.4 Å². The number of hydrogen-bond acceptors (Lipinski definition) is 3. The topological polar surface area (TPSA) is 75.3 Å². The van der Waals surface area contributed by atoms with Crippen molar-refractivity contribution in [1.29, 1.82) is 0 Å². The molecular formula is C22H21BrN2O3S. The maximum Gasteiger partial charge on any atom is 0.242 e. The summed E-state index contributed by atoms with van der Waals surface area (Å²) in [4.78, 5) is 13.0. The van der Waals surface area contributed by atoms with Crippen molar-refractivity contribution in [3.05, 3.63) is 94.5 Å². The molecule has 3 aromatic carbocycles. The van der Waals surface area contributed by atoms with Gasteiger partial charge in [0.05, 0.1) is 4.90 Å². The first-order valence-electron chi connectivity index (χ1n) is 9.03. The number of benzene rings is 3. The zero-order valence-electron chi connectivity index (χ0n) is 15.8. The van der Waals surface area contributed by atoms with E-state index in [4.69, 9.17) is 0 Å². The molecule has 0 radical (unpaired) electrons. The van der Waals surface area contributed by atoms with Gasteiger partial charge in [-0.15, -0.1) is 0 Å². The summed E-state index contributed by atoms with van der Waals surface area (Å²) in [5.41, 5.74) is 2.54. The molecule has 7 heteroatoms. The van der Waals surface area contributed by atoms with Crippen LogP contribution in [-0.2, 0) is 21.2 Å². The second-order valence-electron chi connectivity index (χ2n) is 6.67. The molecule has 0 fully saturated rings. The van der Waals surface area contributed by atoms with E-state index in [0.29, 0.717) is 5.69 Å². The van der Waals surface area contributed by atoms with Gasteiger partial charge in [0.2, 0.25) is 15.9 Å². The Bertz CT molecular complexity index is 1070. The van der Waals surface area contributed by atoms with Crippen molar-refractivity contribution in [2.45, 2.75) is 24.3 Å². The summed E-state index contributed by atoms with van der Waals surface area (Å²) in [6.45, 7) is 1.95. The van der Waals surface area contributed by atoms with Crippen LogP contribution in [0, 0.1) is 6.92 Å². The van der Waals surface area contributed by atoms with Crippen LogP contribution in [0.2, 0.25) is 0 Å². The van der Waals surface area contributed by atoms with Crippen molar-refractivity contribution >= 4 is 37.5 Å². The first-order valence-corrected chi connectivity index (χ1v) is 11.3. The summed E-state index contributed by atoms with van der Waals surface area (Å²) in [5, 5.41) is 2.80. The minimum atomic E-state index is -3.87. The normalized spacial score (nSPS) is 12.3. The first-order chi connectivity index (χ1) is 13.8. The van der Waals surface area contributed by atoms with E-state index in [2.05, 4.69) is 26.0 Å². The number of sulfonamides is 1. The quantitative estimate of drug-likeness (QED) is 0.538. The molecule has 3 aromatic rings. The average Bonchev–Trinajstić information content (AvgIpc) is 2.70. The lowest BCUT2D eigenvalue weighted by atomic mass is 10.1. The molecule has 2 N–H and O–H groups in total. The third kappa shape index (κ3) is 6.00. The summed E-state index contributed by atoms with van der Waals surface area (Å²) in [7, 11) is -3.87. The predicted molar refractivity (Wildman–Crippen MR) is 118 cm³/mol. The van der Waals surface area contributed by atoms with Crippen LogP contribution in [0.15, 0.2) is 88.2 Å². The van der Waals surface area contributed by atoms with E-state index in [1.54, 1.807) is 24.3 Å². The Morgan fingerprint density at radius 2 is 1.55 bits per heavy atom. The minimum absolute atomic E-state index is 0.0990. The highest BCUT2D eigenvalue weighted by Crippen LogP contribution is 2.17. The zero-order valence-corrected chi connectivity index (χ0v) is 18.2. The van der Waals surface area contributed by atoms with E-state index in [9.17, 15) is 13.2 Å². The molecule has 1 unspecified atom stereocenters. The number of carbonyl (C=O) groups is 1. The predicted octanol–water partition coefficient (Wildman–Crippen LogP) is 4.29. The van der Waals surface area contributed by atoms with Crippen LogP contribution in [0.1, 0.15) is 11.1 Å². The molecule has 29 heavy (non-hydrogen) atoms. The summed E-state index contributed by atoms with van der Waals surface area (Å²) in [6.07, 6.45) is 0.230. The van der Waals surface area contributed by atoms with Crippen molar-refractivity contribution in [3.8, 4) is 0 Å². The molecule has 5 nitrogen and oxygen atoms in total. The average molecular weight is 473 g/mol. The number of carbonyl (C=O) groups excluding carboxylic acids is 1. The lowest BCUT2D eigenvalue weighted by Gasteiger charge is -2.19. The van der Waals surface area contributed by atoms with Gasteiger partial charge in [-0.2, -0.15) is 4.72 Å². The van der Waals surface area contributed by atoms with E-state index in [1.807, 2.05) is 49.4 Å². The van der Waals surface area contributed by atoms with Gasteiger partial charge in [-0.3, -0.25) is 4.79 Å². The Morgan fingerprint density at radius 1 is 0.931 bits per heavy atom. The van der Waals surface area contributed by atoms with E-state index in [-0.39, 0.29) is 11.3 Å². The monoisotopic (exact) mass is 472 g/mol. The van der Waals surface area contributed by atoms with Crippen LogP contribution >= 0.6 is 15.9 Å². The Kier molecular flexibility index (Phi) is 6.84. The minimum Gasteiger partial charge on any atom is -0.325 e. The summed E-state index contributed by atoms with van der Waals surface area (Å²) < 4.78 is 29.0. The molecule has 0 aromatic heterocycles. The highest BCUT2D eigenvalue weighted by atomic mass is 79.9. The number of rotatable bonds is 7. The van der Waals surface area contributed by atoms with Gasteiger partial charge in [-0.05, 0) is 55.3 Å². The highest BCUT2D eigenvalue weighted by molar-refractivity contribution is 9.10. The molecule has 1 atom stereocenters. The third-order valence-electron chi connectivity index (χ3n) is 4.34. The lowest BCUT2D eigenvalue weighted by molar-refractivity contribution is -0.117. The number of halogens is 1. The number of amides is 1. The van der Waals surface area contributed by atoms with Gasteiger partial charge in [-0.25, -0.2) is 8.42 Å². The van der Waals surface area contributed by atoms with E-state index in [0.717, 1.165) is 15.6 Å². The number of anilines is 1. The van der Waals surface area contributed by atoms with Gasteiger partial charge < -0.3 is 5.32 Å². The Morgan fingerprint density at radius 3 is 2.17 bits per heavy atom. The second kappa shape index (κ2) is 9.35. The van der Waals surface area contributed by atoms with Crippen LogP contribution in [0.4, 0.5) is 5.69 Å². The Balaban J connectivity index is 1.84. The molecule has 3 rings (SSSR count). The van der Waals surface area contributed by atoms with Crippen molar-refractivity contribution in [2.24, 2.45) is 0 Å². The van der Waals surface area contributed by atoms with Crippen molar-refractivity contribution in [1.82, 2.24) is 4.72 Å². The molecule has 150 valence electrons. The molecule has 0 spiro atoms. The SMILES string of the molecule is Cc1ccc(NC(=O)C(Cc2ccccc2)NS(=O)(=O)c2ccc(Br)cc2)cc1. The van der Waals surface area contributed by atoms with Gasteiger partial charge in [0.15, 0.2) is 0 Å². The maximum absolute atomic E-state index is 12.9. The fraction of sp³-hybridized carbons (Fsp3) is 0.136. The molecule has 0 aliphatic heterocycles. The highest BCUT2D eigenvalue weighted by Gasteiger charge is 2.26. The van der Waals surface area contributed by atoms with E-state index in [1.165, 1.54) is 12.1 Å². The van der Waals surface area contributed by atoms with Gasteiger partial charge in [0.1, 0.15) is 6.04 Å². The molecule has 0 saturated carbocycles. The van der Waals surface area contributed by atoms with Gasteiger partial charge in [0, 0.05) is 10.2 Å². The fourth-order valence-electron chi connectivity index (χ4n) is 2.77. The largest absolute Gasteiger partial charge is 0.325 e. The summed E-state index contributed by atoms with van der Waals surface area (Å²) in [6, 6.07) is 22.0. The molecule has 0 saturated heterocycles. The molecule has 1 amide bonds. The fourth-order valence-corrected chi connectivity index (χ4v) is 4.23. The van der Waals surface area contributed by atoms with Crippen LogP contribution in [0.25, 0.3) is 0 Å². The second-order valence-corrected chi connectivity index (χ2v) is 9.30. The zero-order chi connectivity index (χ0) is 20.9. The molecule has 0 heterocycles. The number of hydrogen-bond donors (Lipinski definition) is 2. The van der Waals surface area contributed by atoms with Gasteiger partial charge in [-0.1, -0.05) is 64.0 Å². The van der Waals surface area contributed by atoms with Crippen molar-refractivity contribution in [3.63, 3.8) is 0 Å². The Hall–Kier alpha value is -2.48. The standard InChI is InChI=1S/C22H21BrN2O3S/c1-16-7-11-19(12-8-16)24-22(26)21(15-17-5-3-2-4-6-17)25-29(27,28)20-13-9-18(23)10-14-20/h2-14,21,25H,15H2,1H3,(H,24,26). The van der Waals surface area contributed by atoms with Crippen LogP contribution in [0.3, 0.4) is 0 Å². The molecule has 0 aliphatic carbocycles. The van der Waals surface area contributed by atoms with E-state index < -0.39 is 22.0 Å². The van der Waals surface area contributed by atoms with Gasteiger partial charge >= 0.3 is 0 Å². The number of aryl methyl sites for hydroxylation is 1. The van der Waals surface area contributed by atoms with Gasteiger partial charge in [0.25, 0.3) is 0 Å². The van der Waals surface area contributed by atoms with Crippen molar-refractivity contribution < 1.29 is 13.2 Å². The van der Waals surface area contributed by atoms with Crippen molar-refractivity contribution in [2.75, 3.05) is 5.32 Å². The third-order valence-corrected chi connectivity index (χ3v) is 6.36. The van der Waals surface area contributed by atoms with Crippen LogP contribution < -0.4 is 10.0 Å². The Labute approximate surface area is 179 Å². The van der Waals surface area contributed by atoms with Crippen LogP contribution in [0.5, 0.6) is 0 Å².